The topological polar surface area (TPSA) is 142 Å². The van der Waals surface area contributed by atoms with Gasteiger partial charge in [-0.25, -0.2) is 19.3 Å². The summed E-state index contributed by atoms with van der Waals surface area (Å²) in [4.78, 5) is 34.2. The molecular formula is C23H18ClFN10O2. The third kappa shape index (κ3) is 3.83. The van der Waals surface area contributed by atoms with Crippen LogP contribution in [0.5, 0.6) is 6.01 Å². The van der Waals surface area contributed by atoms with E-state index in [1.54, 1.807) is 29.1 Å². The Morgan fingerprint density at radius 1 is 1.19 bits per heavy atom. The largest absolute Gasteiger partial charge is 0.467 e. The third-order valence-electron chi connectivity index (χ3n) is 6.24. The maximum absolute atomic E-state index is 15.3. The van der Waals surface area contributed by atoms with Crippen LogP contribution in [0.25, 0.3) is 28.3 Å². The van der Waals surface area contributed by atoms with Crippen molar-refractivity contribution in [2.45, 2.75) is 25.3 Å². The summed E-state index contributed by atoms with van der Waals surface area (Å²) in [6.07, 6.45) is 5.13. The summed E-state index contributed by atoms with van der Waals surface area (Å²) < 4.78 is 23.3. The van der Waals surface area contributed by atoms with Gasteiger partial charge < -0.3 is 9.72 Å². The maximum atomic E-state index is 15.3. The van der Waals surface area contributed by atoms with Gasteiger partial charge in [-0.3, -0.25) is 9.36 Å². The summed E-state index contributed by atoms with van der Waals surface area (Å²) in [7, 11) is 1.49. The molecule has 0 bridgehead atoms. The van der Waals surface area contributed by atoms with Gasteiger partial charge in [0, 0.05) is 18.2 Å². The fourth-order valence-electron chi connectivity index (χ4n) is 4.55. The smallest absolute Gasteiger partial charge is 0.316 e. The molecular weight excluding hydrogens is 503 g/mol. The molecule has 0 radical (unpaired) electrons. The van der Waals surface area contributed by atoms with E-state index in [1.807, 2.05) is 6.92 Å². The molecule has 0 unspecified atom stereocenters. The second-order valence-corrected chi connectivity index (χ2v) is 8.89. The molecule has 12 nitrogen and oxygen atoms in total. The summed E-state index contributed by atoms with van der Waals surface area (Å²) in [6.45, 7) is 1.96. The summed E-state index contributed by atoms with van der Waals surface area (Å²) in [5.74, 6) is 0.267. The highest BCUT2D eigenvalue weighted by Gasteiger charge is 2.34. The van der Waals surface area contributed by atoms with Gasteiger partial charge in [0.25, 0.3) is 5.56 Å². The van der Waals surface area contributed by atoms with E-state index >= 15 is 4.39 Å². The number of hydrogen-bond donors (Lipinski definition) is 1. The molecule has 0 saturated heterocycles. The van der Waals surface area contributed by atoms with Crippen molar-refractivity contribution in [2.75, 3.05) is 7.11 Å². The number of aromatic amines is 1. The molecule has 0 spiro atoms. The highest BCUT2D eigenvalue weighted by Crippen LogP contribution is 2.39. The number of ether oxygens (including phenoxy) is 1. The van der Waals surface area contributed by atoms with Gasteiger partial charge in [-0.2, -0.15) is 9.67 Å². The Kier molecular flexibility index (Phi) is 5.48. The molecule has 4 aromatic heterocycles. The van der Waals surface area contributed by atoms with E-state index < -0.39 is 5.82 Å². The number of nitrogens with one attached hydrogen (secondary N) is 1. The molecule has 5 aromatic rings. The van der Waals surface area contributed by atoms with Crippen LogP contribution in [0.4, 0.5) is 4.39 Å². The highest BCUT2D eigenvalue weighted by molar-refractivity contribution is 6.31. The van der Waals surface area contributed by atoms with Crippen LogP contribution >= 0.6 is 11.6 Å². The molecule has 6 rings (SSSR count). The Balaban J connectivity index is 1.43. The fourth-order valence-corrected chi connectivity index (χ4v) is 4.71. The lowest BCUT2D eigenvalue weighted by atomic mass is 10.1. The number of nitrogens with zero attached hydrogens (tertiary/aromatic N) is 9. The van der Waals surface area contributed by atoms with E-state index in [-0.39, 0.29) is 39.8 Å². The number of fused-ring (bicyclic) bond motifs is 1. The zero-order valence-electron chi connectivity index (χ0n) is 19.5. The van der Waals surface area contributed by atoms with E-state index in [0.29, 0.717) is 35.1 Å². The van der Waals surface area contributed by atoms with Gasteiger partial charge in [0.05, 0.1) is 52.7 Å². The first-order chi connectivity index (χ1) is 17.9. The minimum Gasteiger partial charge on any atom is -0.467 e. The molecule has 1 aliphatic rings. The lowest BCUT2D eigenvalue weighted by Gasteiger charge is -2.15. The monoisotopic (exact) mass is 520 g/mol. The summed E-state index contributed by atoms with van der Waals surface area (Å²) in [5, 5.41) is 11.0. The second-order valence-electron chi connectivity index (χ2n) is 8.48. The third-order valence-corrected chi connectivity index (χ3v) is 6.53. The number of H-pyrrole nitrogens is 1. The van der Waals surface area contributed by atoms with Gasteiger partial charge in [-0.05, 0) is 35.0 Å². The molecule has 2 atom stereocenters. The first kappa shape index (κ1) is 22.9. The molecule has 0 amide bonds. The average molecular weight is 521 g/mol. The van der Waals surface area contributed by atoms with E-state index in [0.717, 1.165) is 0 Å². The number of tetrazole rings is 1. The SMILES string of the molecule is COc1nccc(-c2cnc([C@@H]3C[C@H](C)c4nc(-c5c(-n6cnnn6)ccc(Cl)c5F)cc(=O)n43)[nH]2)n1. The summed E-state index contributed by atoms with van der Waals surface area (Å²) in [6, 6.07) is 5.83. The predicted molar refractivity (Wildman–Crippen MR) is 129 cm³/mol. The number of imidazole rings is 1. The van der Waals surface area contributed by atoms with Gasteiger partial charge in [-0.1, -0.05) is 18.5 Å². The number of hydrogen-bond acceptors (Lipinski definition) is 9. The molecule has 0 saturated carbocycles. The Bertz CT molecular complexity index is 1680. The lowest BCUT2D eigenvalue weighted by Crippen LogP contribution is -2.25. The Labute approximate surface area is 213 Å². The molecule has 0 aliphatic carbocycles. The van der Waals surface area contributed by atoms with Gasteiger partial charge in [0.15, 0.2) is 5.82 Å². The van der Waals surface area contributed by atoms with Gasteiger partial charge in [-0.15, -0.1) is 5.10 Å². The van der Waals surface area contributed by atoms with Crippen molar-refractivity contribution in [3.63, 3.8) is 0 Å². The van der Waals surface area contributed by atoms with Gasteiger partial charge in [0.2, 0.25) is 0 Å². The van der Waals surface area contributed by atoms with Crippen LogP contribution in [0.3, 0.4) is 0 Å². The Morgan fingerprint density at radius 3 is 2.84 bits per heavy atom. The first-order valence-electron chi connectivity index (χ1n) is 11.2. The minimum atomic E-state index is -0.718. The Morgan fingerprint density at radius 2 is 2.05 bits per heavy atom. The van der Waals surface area contributed by atoms with E-state index in [4.69, 9.17) is 21.3 Å². The average Bonchev–Trinajstić information content (AvgIpc) is 3.66. The van der Waals surface area contributed by atoms with Crippen LogP contribution in [-0.4, -0.2) is 56.8 Å². The maximum Gasteiger partial charge on any atom is 0.316 e. The van der Waals surface area contributed by atoms with Crippen molar-refractivity contribution in [1.29, 1.82) is 0 Å². The van der Waals surface area contributed by atoms with E-state index in [1.165, 1.54) is 30.3 Å². The van der Waals surface area contributed by atoms with Crippen molar-refractivity contribution in [3.05, 3.63) is 75.8 Å². The van der Waals surface area contributed by atoms with Crippen molar-refractivity contribution in [2.24, 2.45) is 0 Å². The molecule has 5 heterocycles. The Hall–Kier alpha value is -4.52. The van der Waals surface area contributed by atoms with Crippen molar-refractivity contribution in [1.82, 2.24) is 49.7 Å². The summed E-state index contributed by atoms with van der Waals surface area (Å²) in [5.41, 5.74) is 1.39. The standard InChI is InChI=1S/C23H18ClFN10O2/c1-11-7-17(21-27-9-15(29-21)13-5-6-26-23(31-13)37-2)35-18(36)8-14(30-22(11)35)19-16(34-10-28-32-33-34)4-3-12(24)20(19)25/h3-6,8-11,17H,7H2,1-2H3,(H,27,29)/t11-,17-/m0/s1. The number of halogens is 2. The zero-order chi connectivity index (χ0) is 25.7. The number of aromatic nitrogens is 10. The highest BCUT2D eigenvalue weighted by atomic mass is 35.5. The van der Waals surface area contributed by atoms with E-state index in [9.17, 15) is 4.79 Å². The van der Waals surface area contributed by atoms with Crippen LogP contribution < -0.4 is 10.3 Å². The minimum absolute atomic E-state index is 0.0361. The predicted octanol–water partition coefficient (Wildman–Crippen LogP) is 2.96. The quantitative estimate of drug-likeness (QED) is 0.370. The number of benzene rings is 1. The lowest BCUT2D eigenvalue weighted by molar-refractivity contribution is 0.380. The van der Waals surface area contributed by atoms with Gasteiger partial charge in [0.1, 0.15) is 18.0 Å². The summed E-state index contributed by atoms with van der Waals surface area (Å²) >= 11 is 6.08. The van der Waals surface area contributed by atoms with Gasteiger partial charge >= 0.3 is 6.01 Å². The molecule has 1 aromatic carbocycles. The number of rotatable bonds is 5. The second kappa shape index (κ2) is 8.85. The van der Waals surface area contributed by atoms with Crippen LogP contribution in [0.2, 0.25) is 5.02 Å². The molecule has 37 heavy (non-hydrogen) atoms. The van der Waals surface area contributed by atoms with Crippen molar-refractivity contribution < 1.29 is 9.13 Å². The van der Waals surface area contributed by atoms with Crippen LogP contribution in [-0.2, 0) is 0 Å². The molecule has 14 heteroatoms. The molecule has 0 fully saturated rings. The fraction of sp³-hybridized carbons (Fsp3) is 0.217. The van der Waals surface area contributed by atoms with E-state index in [2.05, 4.69) is 35.5 Å². The van der Waals surface area contributed by atoms with Crippen LogP contribution in [0.1, 0.15) is 37.0 Å². The normalized spacial score (nSPS) is 16.6. The molecule has 1 N–H and O–H groups in total. The first-order valence-corrected chi connectivity index (χ1v) is 11.6. The van der Waals surface area contributed by atoms with Crippen molar-refractivity contribution >= 4 is 11.6 Å². The molecule has 1 aliphatic heterocycles. The zero-order valence-corrected chi connectivity index (χ0v) is 20.3. The number of methoxy groups -OCH3 is 1. The molecule has 186 valence electrons. The van der Waals surface area contributed by atoms with Crippen LogP contribution in [0.15, 0.2) is 47.8 Å². The van der Waals surface area contributed by atoms with Crippen LogP contribution in [0, 0.1) is 5.82 Å². The van der Waals surface area contributed by atoms with Crippen molar-refractivity contribution in [3.8, 4) is 34.3 Å².